The average molecular weight is 358 g/mol. The van der Waals surface area contributed by atoms with Gasteiger partial charge in [-0.3, -0.25) is 0 Å². The first-order chi connectivity index (χ1) is 12.1. The molecule has 3 heteroatoms. The van der Waals surface area contributed by atoms with Crippen LogP contribution in [0.1, 0.15) is 49.3 Å². The predicted octanol–water partition coefficient (Wildman–Crippen LogP) is 5.01. The van der Waals surface area contributed by atoms with Gasteiger partial charge in [-0.05, 0) is 67.6 Å². The molecule has 1 unspecified atom stereocenters. The minimum Gasteiger partial charge on any atom is -0.380 e. The molecule has 25 heavy (non-hydrogen) atoms. The quantitative estimate of drug-likeness (QED) is 0.785. The summed E-state index contributed by atoms with van der Waals surface area (Å²) in [5.41, 5.74) is 2.12. The highest BCUT2D eigenvalue weighted by atomic mass is 35.5. The molecule has 2 nitrogen and oxygen atoms in total. The first-order valence-corrected chi connectivity index (χ1v) is 9.80. The maximum absolute atomic E-state index is 11.2. The van der Waals surface area contributed by atoms with Gasteiger partial charge in [-0.15, -0.1) is 0 Å². The van der Waals surface area contributed by atoms with Crippen molar-refractivity contribution in [3.8, 4) is 0 Å². The highest BCUT2D eigenvalue weighted by Crippen LogP contribution is 2.34. The van der Waals surface area contributed by atoms with E-state index in [-0.39, 0.29) is 0 Å². The molecule has 1 heterocycles. The molecule has 3 rings (SSSR count). The summed E-state index contributed by atoms with van der Waals surface area (Å²) in [6.45, 7) is 5.61. The molecule has 0 amide bonds. The summed E-state index contributed by atoms with van der Waals surface area (Å²) >= 11 is 6.12. The fourth-order valence-corrected chi connectivity index (χ4v) is 3.93. The van der Waals surface area contributed by atoms with Crippen LogP contribution in [0.5, 0.6) is 0 Å². The van der Waals surface area contributed by atoms with Crippen molar-refractivity contribution in [1.29, 1.82) is 0 Å². The molecule has 1 saturated heterocycles. The van der Waals surface area contributed by atoms with Gasteiger partial charge in [-0.2, -0.15) is 0 Å². The van der Waals surface area contributed by atoms with Crippen LogP contribution in [0.25, 0.3) is 0 Å². The number of benzene rings is 2. The Hall–Kier alpha value is -1.35. The molecule has 0 radical (unpaired) electrons. The molecule has 0 spiro atoms. The van der Waals surface area contributed by atoms with Crippen LogP contribution in [0.3, 0.4) is 0 Å². The Bertz CT molecular complexity index is 679. The monoisotopic (exact) mass is 357 g/mol. The van der Waals surface area contributed by atoms with Gasteiger partial charge >= 0.3 is 0 Å². The molecular formula is C22H28ClNO. The third-order valence-electron chi connectivity index (χ3n) is 5.41. The SMILES string of the molecule is CCC(O)(c1ccc(CCN2CCCCC2)cc1)c1cccc(Cl)c1. The minimum atomic E-state index is -0.990. The molecule has 0 aliphatic carbocycles. The normalized spacial score (nSPS) is 18.0. The van der Waals surface area contributed by atoms with Gasteiger partial charge in [-0.25, -0.2) is 0 Å². The fourth-order valence-electron chi connectivity index (χ4n) is 3.74. The average Bonchev–Trinajstić information content (AvgIpc) is 2.67. The predicted molar refractivity (Wildman–Crippen MR) is 105 cm³/mol. The molecule has 0 aromatic heterocycles. The Morgan fingerprint density at radius 1 is 1.00 bits per heavy atom. The molecule has 1 N–H and O–H groups in total. The van der Waals surface area contributed by atoms with E-state index in [9.17, 15) is 5.11 Å². The Morgan fingerprint density at radius 3 is 2.36 bits per heavy atom. The van der Waals surface area contributed by atoms with Gasteiger partial charge < -0.3 is 10.0 Å². The second-order valence-corrected chi connectivity index (χ2v) is 7.51. The van der Waals surface area contributed by atoms with Crippen LogP contribution in [0, 0.1) is 0 Å². The van der Waals surface area contributed by atoms with Crippen molar-refractivity contribution in [2.24, 2.45) is 0 Å². The third-order valence-corrected chi connectivity index (χ3v) is 5.65. The maximum Gasteiger partial charge on any atom is 0.114 e. The van der Waals surface area contributed by atoms with Crippen LogP contribution < -0.4 is 0 Å². The maximum atomic E-state index is 11.2. The second-order valence-electron chi connectivity index (χ2n) is 7.07. The van der Waals surface area contributed by atoms with Crippen molar-refractivity contribution in [2.45, 2.75) is 44.6 Å². The highest BCUT2D eigenvalue weighted by molar-refractivity contribution is 6.30. The van der Waals surface area contributed by atoms with E-state index in [4.69, 9.17) is 11.6 Å². The molecule has 1 aliphatic heterocycles. The molecular weight excluding hydrogens is 330 g/mol. The van der Waals surface area contributed by atoms with Crippen molar-refractivity contribution in [3.05, 3.63) is 70.2 Å². The van der Waals surface area contributed by atoms with E-state index in [0.29, 0.717) is 11.4 Å². The molecule has 1 aliphatic rings. The van der Waals surface area contributed by atoms with Crippen molar-refractivity contribution in [3.63, 3.8) is 0 Å². The van der Waals surface area contributed by atoms with Gasteiger partial charge in [0.05, 0.1) is 0 Å². The van der Waals surface area contributed by atoms with E-state index < -0.39 is 5.60 Å². The van der Waals surface area contributed by atoms with Crippen LogP contribution in [0.2, 0.25) is 5.02 Å². The zero-order valence-corrected chi connectivity index (χ0v) is 15.8. The first-order valence-electron chi connectivity index (χ1n) is 9.42. The number of halogens is 1. The van der Waals surface area contributed by atoms with E-state index in [1.165, 1.54) is 37.9 Å². The van der Waals surface area contributed by atoms with Crippen LogP contribution in [0.4, 0.5) is 0 Å². The van der Waals surface area contributed by atoms with Crippen molar-refractivity contribution in [1.82, 2.24) is 4.90 Å². The van der Waals surface area contributed by atoms with Gasteiger partial charge in [0.1, 0.15) is 5.60 Å². The lowest BCUT2D eigenvalue weighted by atomic mass is 9.84. The van der Waals surface area contributed by atoms with E-state index in [1.54, 1.807) is 0 Å². The van der Waals surface area contributed by atoms with Crippen molar-refractivity contribution >= 4 is 11.6 Å². The minimum absolute atomic E-state index is 0.612. The second kappa shape index (κ2) is 8.35. The summed E-state index contributed by atoms with van der Waals surface area (Å²) in [5, 5.41) is 11.9. The van der Waals surface area contributed by atoms with Gasteiger partial charge in [-0.1, -0.05) is 61.3 Å². The van der Waals surface area contributed by atoms with Crippen LogP contribution in [-0.4, -0.2) is 29.6 Å². The summed E-state index contributed by atoms with van der Waals surface area (Å²) in [7, 11) is 0. The van der Waals surface area contributed by atoms with Crippen molar-refractivity contribution < 1.29 is 5.11 Å². The third kappa shape index (κ3) is 4.44. The lowest BCUT2D eigenvalue weighted by Crippen LogP contribution is -2.31. The zero-order chi connectivity index (χ0) is 17.7. The highest BCUT2D eigenvalue weighted by Gasteiger charge is 2.29. The molecule has 2 aromatic carbocycles. The number of hydrogen-bond donors (Lipinski definition) is 1. The molecule has 1 fully saturated rings. The number of aliphatic hydroxyl groups is 1. The van der Waals surface area contributed by atoms with Gasteiger partial charge in [0.15, 0.2) is 0 Å². The van der Waals surface area contributed by atoms with E-state index in [1.807, 2.05) is 31.2 Å². The Balaban J connectivity index is 1.71. The van der Waals surface area contributed by atoms with E-state index in [0.717, 1.165) is 24.1 Å². The largest absolute Gasteiger partial charge is 0.380 e. The van der Waals surface area contributed by atoms with Crippen LogP contribution >= 0.6 is 11.6 Å². The van der Waals surface area contributed by atoms with Gasteiger partial charge in [0.25, 0.3) is 0 Å². The van der Waals surface area contributed by atoms with Gasteiger partial charge in [0.2, 0.25) is 0 Å². The lowest BCUT2D eigenvalue weighted by Gasteiger charge is -2.29. The Kier molecular flexibility index (Phi) is 6.16. The molecule has 2 aromatic rings. The molecule has 1 atom stereocenters. The number of nitrogens with zero attached hydrogens (tertiary/aromatic N) is 1. The summed E-state index contributed by atoms with van der Waals surface area (Å²) < 4.78 is 0. The van der Waals surface area contributed by atoms with Crippen LogP contribution in [-0.2, 0) is 12.0 Å². The zero-order valence-electron chi connectivity index (χ0n) is 15.0. The van der Waals surface area contributed by atoms with E-state index >= 15 is 0 Å². The number of rotatable bonds is 6. The van der Waals surface area contributed by atoms with E-state index in [2.05, 4.69) is 29.2 Å². The number of likely N-dealkylation sites (tertiary alicyclic amines) is 1. The summed E-state index contributed by atoms with van der Waals surface area (Å²) in [5.74, 6) is 0. The fraction of sp³-hybridized carbons (Fsp3) is 0.455. The van der Waals surface area contributed by atoms with Crippen LogP contribution in [0.15, 0.2) is 48.5 Å². The molecule has 0 bridgehead atoms. The molecule has 134 valence electrons. The lowest BCUT2D eigenvalue weighted by molar-refractivity contribution is 0.0765. The smallest absolute Gasteiger partial charge is 0.114 e. The first kappa shape index (κ1) is 18.4. The van der Waals surface area contributed by atoms with Gasteiger partial charge in [0, 0.05) is 11.6 Å². The standard InChI is InChI=1S/C22H28ClNO/c1-2-22(25,20-7-6-8-21(23)17-20)19-11-9-18(10-12-19)13-16-24-14-4-3-5-15-24/h6-12,17,25H,2-5,13-16H2,1H3. The number of hydrogen-bond acceptors (Lipinski definition) is 2. The molecule has 0 saturated carbocycles. The topological polar surface area (TPSA) is 23.5 Å². The summed E-state index contributed by atoms with van der Waals surface area (Å²) in [6, 6.07) is 16.0. The Morgan fingerprint density at radius 2 is 1.72 bits per heavy atom. The summed E-state index contributed by atoms with van der Waals surface area (Å²) in [4.78, 5) is 2.56. The van der Waals surface area contributed by atoms with Crippen molar-refractivity contribution in [2.75, 3.05) is 19.6 Å². The number of piperidine rings is 1. The summed E-state index contributed by atoms with van der Waals surface area (Å²) in [6.07, 6.45) is 5.73. The Labute approximate surface area is 156 Å².